The van der Waals surface area contributed by atoms with Crippen LogP contribution in [0.25, 0.3) is 0 Å². The van der Waals surface area contributed by atoms with Crippen LogP contribution < -0.4 is 10.9 Å². The zero-order chi connectivity index (χ0) is 17.8. The first-order valence-corrected chi connectivity index (χ1v) is 9.39. The van der Waals surface area contributed by atoms with E-state index in [9.17, 15) is 4.79 Å². The van der Waals surface area contributed by atoms with Crippen molar-refractivity contribution >= 4 is 5.91 Å². The molecular weight excluding hydrogens is 326 g/mol. The Morgan fingerprint density at radius 2 is 2.12 bits per heavy atom. The summed E-state index contributed by atoms with van der Waals surface area (Å²) >= 11 is 0. The molecule has 2 aliphatic rings. The van der Waals surface area contributed by atoms with Gasteiger partial charge in [-0.05, 0) is 36.7 Å². The topological polar surface area (TPSA) is 70.2 Å². The number of aromatic nitrogens is 2. The van der Waals surface area contributed by atoms with Gasteiger partial charge >= 0.3 is 0 Å². The Hall–Kier alpha value is -2.31. The summed E-state index contributed by atoms with van der Waals surface area (Å²) in [5.41, 5.74) is 8.63. The van der Waals surface area contributed by atoms with Crippen LogP contribution in [0.2, 0.25) is 0 Å². The number of nitrogens with zero attached hydrogens (tertiary/aromatic N) is 3. The van der Waals surface area contributed by atoms with Crippen LogP contribution in [-0.4, -0.2) is 46.5 Å². The van der Waals surface area contributed by atoms with E-state index in [-0.39, 0.29) is 5.91 Å². The van der Waals surface area contributed by atoms with E-state index in [2.05, 4.69) is 51.2 Å². The second-order valence-electron chi connectivity index (χ2n) is 7.24. The molecule has 0 radical (unpaired) electrons. The summed E-state index contributed by atoms with van der Waals surface area (Å²) in [6.07, 6.45) is 7.96. The lowest BCUT2D eigenvalue weighted by Gasteiger charge is -2.37. The van der Waals surface area contributed by atoms with Crippen molar-refractivity contribution in [1.82, 2.24) is 25.7 Å². The molecule has 2 aromatic rings. The van der Waals surface area contributed by atoms with Gasteiger partial charge in [-0.25, -0.2) is 4.98 Å². The van der Waals surface area contributed by atoms with Crippen molar-refractivity contribution in [1.29, 1.82) is 0 Å². The molecule has 1 aromatic heterocycles. The average Bonchev–Trinajstić information content (AvgIpc) is 3.17. The second kappa shape index (κ2) is 7.93. The van der Waals surface area contributed by atoms with Crippen molar-refractivity contribution in [2.75, 3.05) is 19.6 Å². The fourth-order valence-corrected chi connectivity index (χ4v) is 4.23. The van der Waals surface area contributed by atoms with E-state index >= 15 is 0 Å². The summed E-state index contributed by atoms with van der Waals surface area (Å²) in [5, 5.41) is 0. The summed E-state index contributed by atoms with van der Waals surface area (Å²) < 4.78 is 0. The van der Waals surface area contributed by atoms with E-state index in [0.717, 1.165) is 38.9 Å². The largest absolute Gasteiger partial charge is 0.337 e. The summed E-state index contributed by atoms with van der Waals surface area (Å²) in [6, 6.07) is 11.0. The van der Waals surface area contributed by atoms with E-state index in [1.54, 1.807) is 18.6 Å². The first kappa shape index (κ1) is 17.1. The standard InChI is InChI=1S/C20H25N5O/c26-20(18-13-21-8-9-22-18)25-10-4-7-16(14-25)19-17(12-23-24-19)11-15-5-2-1-3-6-15/h1-3,5-6,8-9,13,16-17,19,23-24H,4,7,10-12,14H2. The van der Waals surface area contributed by atoms with Crippen molar-refractivity contribution < 1.29 is 4.79 Å². The van der Waals surface area contributed by atoms with Gasteiger partial charge in [0.1, 0.15) is 5.69 Å². The number of likely N-dealkylation sites (tertiary alicyclic amines) is 1. The molecule has 136 valence electrons. The second-order valence-corrected chi connectivity index (χ2v) is 7.24. The summed E-state index contributed by atoms with van der Waals surface area (Å²) in [5.74, 6) is 0.982. The molecule has 2 saturated heterocycles. The minimum absolute atomic E-state index is 0.00614. The number of piperidine rings is 1. The molecular formula is C20H25N5O. The van der Waals surface area contributed by atoms with E-state index in [1.807, 2.05) is 4.90 Å². The Balaban J connectivity index is 1.42. The lowest BCUT2D eigenvalue weighted by Crippen LogP contribution is -2.49. The molecule has 0 saturated carbocycles. The molecule has 6 heteroatoms. The SMILES string of the molecule is O=C(c1cnccn1)N1CCCC(C2NNCC2Cc2ccccc2)C1. The lowest BCUT2D eigenvalue weighted by molar-refractivity contribution is 0.0628. The Morgan fingerprint density at radius 1 is 1.23 bits per heavy atom. The van der Waals surface area contributed by atoms with E-state index in [1.165, 1.54) is 5.56 Å². The number of amides is 1. The predicted octanol–water partition coefficient (Wildman–Crippen LogP) is 1.66. The van der Waals surface area contributed by atoms with Crippen LogP contribution in [0, 0.1) is 11.8 Å². The minimum Gasteiger partial charge on any atom is -0.337 e. The van der Waals surface area contributed by atoms with Gasteiger partial charge < -0.3 is 4.90 Å². The number of benzene rings is 1. The predicted molar refractivity (Wildman–Crippen MR) is 99.2 cm³/mol. The van der Waals surface area contributed by atoms with Crippen molar-refractivity contribution in [2.24, 2.45) is 11.8 Å². The third kappa shape index (κ3) is 3.76. The van der Waals surface area contributed by atoms with Gasteiger partial charge in [0.15, 0.2) is 0 Å². The Kier molecular flexibility index (Phi) is 5.22. The molecule has 3 atom stereocenters. The Morgan fingerprint density at radius 3 is 2.92 bits per heavy atom. The third-order valence-corrected chi connectivity index (χ3v) is 5.52. The van der Waals surface area contributed by atoms with Crippen LogP contribution in [-0.2, 0) is 6.42 Å². The lowest BCUT2D eigenvalue weighted by atomic mass is 9.81. The van der Waals surface area contributed by atoms with E-state index in [0.29, 0.717) is 23.6 Å². The number of hydrogen-bond donors (Lipinski definition) is 2. The van der Waals surface area contributed by atoms with E-state index in [4.69, 9.17) is 0 Å². The molecule has 2 fully saturated rings. The smallest absolute Gasteiger partial charge is 0.274 e. The molecule has 0 spiro atoms. The zero-order valence-electron chi connectivity index (χ0n) is 14.8. The highest BCUT2D eigenvalue weighted by molar-refractivity contribution is 5.92. The van der Waals surface area contributed by atoms with Crippen LogP contribution in [0.1, 0.15) is 28.9 Å². The Bertz CT molecular complexity index is 723. The average molecular weight is 351 g/mol. The van der Waals surface area contributed by atoms with Crippen molar-refractivity contribution in [3.8, 4) is 0 Å². The highest BCUT2D eigenvalue weighted by Crippen LogP contribution is 2.28. The number of carbonyl (C=O) groups is 1. The van der Waals surface area contributed by atoms with Gasteiger partial charge in [-0.2, -0.15) is 0 Å². The number of hydrogen-bond acceptors (Lipinski definition) is 5. The van der Waals surface area contributed by atoms with Crippen LogP contribution in [0.4, 0.5) is 0 Å². The number of carbonyl (C=O) groups excluding carboxylic acids is 1. The van der Waals surface area contributed by atoms with Gasteiger partial charge in [0.25, 0.3) is 5.91 Å². The van der Waals surface area contributed by atoms with Gasteiger partial charge in [0.2, 0.25) is 0 Å². The maximum atomic E-state index is 12.7. The molecule has 26 heavy (non-hydrogen) atoms. The van der Waals surface area contributed by atoms with Crippen molar-refractivity contribution in [3.63, 3.8) is 0 Å². The molecule has 0 bridgehead atoms. The van der Waals surface area contributed by atoms with Crippen LogP contribution in [0.5, 0.6) is 0 Å². The van der Waals surface area contributed by atoms with Crippen LogP contribution in [0.15, 0.2) is 48.9 Å². The van der Waals surface area contributed by atoms with E-state index < -0.39 is 0 Å². The third-order valence-electron chi connectivity index (χ3n) is 5.52. The monoisotopic (exact) mass is 351 g/mol. The molecule has 3 unspecified atom stereocenters. The number of hydrazine groups is 1. The zero-order valence-corrected chi connectivity index (χ0v) is 14.8. The molecule has 1 aromatic carbocycles. The maximum absolute atomic E-state index is 12.7. The molecule has 1 amide bonds. The molecule has 3 heterocycles. The fourth-order valence-electron chi connectivity index (χ4n) is 4.23. The Labute approximate surface area is 154 Å². The molecule has 2 aliphatic heterocycles. The maximum Gasteiger partial charge on any atom is 0.274 e. The quantitative estimate of drug-likeness (QED) is 0.877. The highest BCUT2D eigenvalue weighted by Gasteiger charge is 2.37. The molecule has 4 rings (SSSR count). The van der Waals surface area contributed by atoms with Crippen molar-refractivity contribution in [2.45, 2.75) is 25.3 Å². The first-order valence-electron chi connectivity index (χ1n) is 9.39. The normalized spacial score (nSPS) is 26.0. The van der Waals surface area contributed by atoms with Gasteiger partial charge in [0, 0.05) is 38.1 Å². The van der Waals surface area contributed by atoms with Gasteiger partial charge in [0.05, 0.1) is 6.20 Å². The molecule has 0 aliphatic carbocycles. The summed E-state index contributed by atoms with van der Waals surface area (Å²) in [6.45, 7) is 2.55. The highest BCUT2D eigenvalue weighted by atomic mass is 16.2. The molecule has 2 N–H and O–H groups in total. The van der Waals surface area contributed by atoms with Crippen LogP contribution in [0.3, 0.4) is 0 Å². The summed E-state index contributed by atoms with van der Waals surface area (Å²) in [7, 11) is 0. The van der Waals surface area contributed by atoms with Gasteiger partial charge in [-0.3, -0.25) is 20.6 Å². The fraction of sp³-hybridized carbons (Fsp3) is 0.450. The van der Waals surface area contributed by atoms with Crippen LogP contribution >= 0.6 is 0 Å². The molecule has 6 nitrogen and oxygen atoms in total. The van der Waals surface area contributed by atoms with Gasteiger partial charge in [-0.15, -0.1) is 0 Å². The van der Waals surface area contributed by atoms with Crippen molar-refractivity contribution in [3.05, 3.63) is 60.2 Å². The number of nitrogens with one attached hydrogen (secondary N) is 2. The summed E-state index contributed by atoms with van der Waals surface area (Å²) in [4.78, 5) is 22.9. The first-order chi connectivity index (χ1) is 12.8. The van der Waals surface area contributed by atoms with Gasteiger partial charge in [-0.1, -0.05) is 30.3 Å². The number of rotatable bonds is 4. The minimum atomic E-state index is -0.00614.